The highest BCUT2D eigenvalue weighted by atomic mass is 35.5. The van der Waals surface area contributed by atoms with Gasteiger partial charge in [-0.25, -0.2) is 0 Å². The molecule has 1 aromatic heterocycles. The number of rotatable bonds is 4. The van der Waals surface area contributed by atoms with Gasteiger partial charge in [-0.1, -0.05) is 18.2 Å². The van der Waals surface area contributed by atoms with Crippen LogP contribution >= 0.6 is 12.4 Å². The summed E-state index contributed by atoms with van der Waals surface area (Å²) < 4.78 is 0. The van der Waals surface area contributed by atoms with Gasteiger partial charge in [0.1, 0.15) is 5.69 Å². The minimum Gasteiger partial charge on any atom is -0.338 e. The molecule has 0 aliphatic heterocycles. The number of nitrogens with two attached hydrogens (primary N) is 1. The highest BCUT2D eigenvalue weighted by Crippen LogP contribution is 2.05. The van der Waals surface area contributed by atoms with Crippen LogP contribution < -0.4 is 5.73 Å². The number of likely N-dealkylation sites (N-methyl/N-ethyl adjacent to an activating group) is 1. The maximum Gasteiger partial charge on any atom is 0.239 e. The zero-order valence-electron chi connectivity index (χ0n) is 11.4. The van der Waals surface area contributed by atoms with Crippen LogP contribution in [0.25, 0.3) is 5.69 Å². The molecule has 1 heterocycles. The molecule has 0 unspecified atom stereocenters. The van der Waals surface area contributed by atoms with E-state index in [9.17, 15) is 4.79 Å². The molecule has 1 amide bonds. The summed E-state index contributed by atoms with van der Waals surface area (Å²) in [6.45, 7) is 2.06. The second-order valence-corrected chi connectivity index (χ2v) is 4.44. The number of amides is 1. The number of halogens is 1. The molecule has 1 atom stereocenters. The van der Waals surface area contributed by atoms with Crippen molar-refractivity contribution in [1.29, 1.82) is 0 Å². The van der Waals surface area contributed by atoms with Gasteiger partial charge in [0.05, 0.1) is 24.5 Å². The molecule has 108 valence electrons. The van der Waals surface area contributed by atoms with Crippen molar-refractivity contribution in [3.63, 3.8) is 0 Å². The Kier molecular flexibility index (Phi) is 5.66. The Labute approximate surface area is 124 Å². The van der Waals surface area contributed by atoms with E-state index in [1.165, 1.54) is 0 Å². The van der Waals surface area contributed by atoms with Gasteiger partial charge in [0.2, 0.25) is 5.91 Å². The Bertz CT molecular complexity index is 555. The Hall–Kier alpha value is -1.92. The molecule has 1 aromatic carbocycles. The smallest absolute Gasteiger partial charge is 0.239 e. The predicted octanol–water partition coefficient (Wildman–Crippen LogP) is 0.995. The van der Waals surface area contributed by atoms with Crippen molar-refractivity contribution in [3.05, 3.63) is 42.2 Å². The third kappa shape index (κ3) is 3.79. The third-order valence-electron chi connectivity index (χ3n) is 2.69. The molecule has 2 rings (SSSR count). The molecular weight excluding hydrogens is 278 g/mol. The number of carbonyl (C=O) groups excluding carboxylic acids is 1. The standard InChI is InChI=1S/C13H17N5O.ClH/c1-10(14)13(19)17(2)9-11-8-15-18(16-11)12-6-4-3-5-7-12;/h3-8,10H,9,14H2,1-2H3;1H/t10-;/m1./s1. The van der Waals surface area contributed by atoms with E-state index < -0.39 is 6.04 Å². The summed E-state index contributed by atoms with van der Waals surface area (Å²) in [4.78, 5) is 14.8. The van der Waals surface area contributed by atoms with Crippen LogP contribution in [0.2, 0.25) is 0 Å². The van der Waals surface area contributed by atoms with Crippen LogP contribution in [0.5, 0.6) is 0 Å². The summed E-state index contributed by atoms with van der Waals surface area (Å²) in [7, 11) is 1.70. The lowest BCUT2D eigenvalue weighted by atomic mass is 10.3. The zero-order chi connectivity index (χ0) is 13.8. The number of carbonyl (C=O) groups is 1. The first kappa shape index (κ1) is 16.1. The third-order valence-corrected chi connectivity index (χ3v) is 2.69. The first-order valence-corrected chi connectivity index (χ1v) is 6.05. The molecule has 0 spiro atoms. The summed E-state index contributed by atoms with van der Waals surface area (Å²) in [6, 6.07) is 9.10. The van der Waals surface area contributed by atoms with Gasteiger partial charge in [-0.2, -0.15) is 15.0 Å². The SMILES string of the molecule is C[C@@H](N)C(=O)N(C)Cc1cnn(-c2ccccc2)n1.Cl. The molecule has 0 radical (unpaired) electrons. The molecule has 0 fully saturated rings. The molecule has 2 N–H and O–H groups in total. The van der Waals surface area contributed by atoms with Gasteiger partial charge in [0.15, 0.2) is 0 Å². The summed E-state index contributed by atoms with van der Waals surface area (Å²) in [5.41, 5.74) is 7.16. The average Bonchev–Trinajstić information content (AvgIpc) is 2.87. The molecule has 2 aromatic rings. The second-order valence-electron chi connectivity index (χ2n) is 4.44. The van der Waals surface area contributed by atoms with Crippen molar-refractivity contribution in [1.82, 2.24) is 19.9 Å². The fraction of sp³-hybridized carbons (Fsp3) is 0.308. The van der Waals surface area contributed by atoms with Crippen LogP contribution in [-0.2, 0) is 11.3 Å². The van der Waals surface area contributed by atoms with Gasteiger partial charge in [-0.15, -0.1) is 12.4 Å². The molecule has 0 saturated heterocycles. The Morgan fingerprint density at radius 2 is 2.05 bits per heavy atom. The first-order chi connectivity index (χ1) is 9.08. The molecule has 0 aliphatic rings. The molecule has 20 heavy (non-hydrogen) atoms. The average molecular weight is 296 g/mol. The number of hydrogen-bond donors (Lipinski definition) is 1. The van der Waals surface area contributed by atoms with E-state index in [0.717, 1.165) is 11.4 Å². The van der Waals surface area contributed by atoms with Crippen LogP contribution in [0.4, 0.5) is 0 Å². The number of para-hydroxylation sites is 1. The van der Waals surface area contributed by atoms with Crippen LogP contribution in [0.1, 0.15) is 12.6 Å². The molecule has 0 saturated carbocycles. The van der Waals surface area contributed by atoms with E-state index in [-0.39, 0.29) is 18.3 Å². The lowest BCUT2D eigenvalue weighted by Gasteiger charge is -2.17. The van der Waals surface area contributed by atoms with Crippen molar-refractivity contribution < 1.29 is 4.79 Å². The topological polar surface area (TPSA) is 77.0 Å². The van der Waals surface area contributed by atoms with Gasteiger partial charge in [-0.3, -0.25) is 4.79 Å². The van der Waals surface area contributed by atoms with Crippen molar-refractivity contribution in [3.8, 4) is 5.69 Å². The molecule has 6 nitrogen and oxygen atoms in total. The van der Waals surface area contributed by atoms with Crippen molar-refractivity contribution in [2.45, 2.75) is 19.5 Å². The van der Waals surface area contributed by atoms with Gasteiger partial charge in [-0.05, 0) is 19.1 Å². The van der Waals surface area contributed by atoms with Crippen LogP contribution in [0, 0.1) is 0 Å². The number of hydrogen-bond acceptors (Lipinski definition) is 4. The quantitative estimate of drug-likeness (QED) is 0.913. The fourth-order valence-corrected chi connectivity index (χ4v) is 1.72. The van der Waals surface area contributed by atoms with Gasteiger partial charge in [0, 0.05) is 7.05 Å². The largest absolute Gasteiger partial charge is 0.338 e. The monoisotopic (exact) mass is 295 g/mol. The minimum atomic E-state index is -0.505. The lowest BCUT2D eigenvalue weighted by Crippen LogP contribution is -2.39. The number of aromatic nitrogens is 3. The molecule has 0 aliphatic carbocycles. The van der Waals surface area contributed by atoms with E-state index >= 15 is 0 Å². The minimum absolute atomic E-state index is 0. The van der Waals surface area contributed by atoms with Crippen LogP contribution in [0.3, 0.4) is 0 Å². The molecule has 7 heteroatoms. The van der Waals surface area contributed by atoms with Crippen molar-refractivity contribution in [2.24, 2.45) is 5.73 Å². The molecule has 0 bridgehead atoms. The van der Waals surface area contributed by atoms with E-state index in [4.69, 9.17) is 5.73 Å². The molecular formula is C13H18ClN5O. The van der Waals surface area contributed by atoms with Gasteiger partial charge in [0.25, 0.3) is 0 Å². The fourth-order valence-electron chi connectivity index (χ4n) is 1.72. The Balaban J connectivity index is 0.00000200. The van der Waals surface area contributed by atoms with Crippen molar-refractivity contribution in [2.75, 3.05) is 7.05 Å². The maximum absolute atomic E-state index is 11.7. The van der Waals surface area contributed by atoms with E-state index in [1.54, 1.807) is 29.9 Å². The van der Waals surface area contributed by atoms with E-state index in [2.05, 4.69) is 10.2 Å². The zero-order valence-corrected chi connectivity index (χ0v) is 12.2. The normalized spacial score (nSPS) is 11.6. The van der Waals surface area contributed by atoms with Crippen LogP contribution in [-0.4, -0.2) is 38.9 Å². The Morgan fingerprint density at radius 1 is 1.40 bits per heavy atom. The van der Waals surface area contributed by atoms with E-state index in [1.807, 2.05) is 30.3 Å². The highest BCUT2D eigenvalue weighted by Gasteiger charge is 2.15. The summed E-state index contributed by atoms with van der Waals surface area (Å²) >= 11 is 0. The van der Waals surface area contributed by atoms with Gasteiger partial charge < -0.3 is 10.6 Å². The maximum atomic E-state index is 11.7. The van der Waals surface area contributed by atoms with Crippen LogP contribution in [0.15, 0.2) is 36.5 Å². The first-order valence-electron chi connectivity index (χ1n) is 6.05. The summed E-state index contributed by atoms with van der Waals surface area (Å²) in [6.07, 6.45) is 1.65. The number of nitrogens with zero attached hydrogens (tertiary/aromatic N) is 4. The number of benzene rings is 1. The van der Waals surface area contributed by atoms with Crippen molar-refractivity contribution >= 4 is 18.3 Å². The lowest BCUT2D eigenvalue weighted by molar-refractivity contribution is -0.131. The van der Waals surface area contributed by atoms with Gasteiger partial charge >= 0.3 is 0 Å². The Morgan fingerprint density at radius 3 is 2.65 bits per heavy atom. The predicted molar refractivity (Wildman–Crippen MR) is 78.7 cm³/mol. The second kappa shape index (κ2) is 7.02. The summed E-state index contributed by atoms with van der Waals surface area (Å²) in [5.74, 6) is -0.116. The van der Waals surface area contributed by atoms with E-state index in [0.29, 0.717) is 6.54 Å². The highest BCUT2D eigenvalue weighted by molar-refractivity contribution is 5.85. The summed E-state index contributed by atoms with van der Waals surface area (Å²) in [5, 5.41) is 8.51.